The minimum absolute atomic E-state index is 0.118. The second-order valence-electron chi connectivity index (χ2n) is 7.36. The number of thiazole rings is 1. The number of ether oxygens (including phenoxy) is 1. The molecule has 0 radical (unpaired) electrons. The van der Waals surface area contributed by atoms with Crippen molar-refractivity contribution in [3.8, 4) is 5.75 Å². The number of aromatic nitrogens is 1. The van der Waals surface area contributed by atoms with E-state index in [1.165, 1.54) is 22.5 Å². The van der Waals surface area contributed by atoms with Crippen molar-refractivity contribution in [2.24, 2.45) is 0 Å². The summed E-state index contributed by atoms with van der Waals surface area (Å²) in [6.07, 6.45) is 1.52. The lowest BCUT2D eigenvalue weighted by atomic mass is 10.1. The molecule has 0 atom stereocenters. The molecule has 2 aromatic carbocycles. The Labute approximate surface area is 193 Å². The summed E-state index contributed by atoms with van der Waals surface area (Å²) in [5.74, 6) is -0.125. The van der Waals surface area contributed by atoms with Crippen LogP contribution in [0.5, 0.6) is 5.75 Å². The average Bonchev–Trinajstić information content (AvgIpc) is 3.53. The summed E-state index contributed by atoms with van der Waals surface area (Å²) in [4.78, 5) is 45.9. The SMILES string of the molecule is CCOc1ccc2nc(N(Cc3ccco3)C(=O)CN3C(=O)c4ccccc4C3=O)sc2c1. The monoisotopic (exact) mass is 461 g/mol. The van der Waals surface area contributed by atoms with Gasteiger partial charge in [-0.3, -0.25) is 24.2 Å². The molecule has 8 nitrogen and oxygen atoms in total. The fourth-order valence-corrected chi connectivity index (χ4v) is 4.70. The maximum Gasteiger partial charge on any atom is 0.262 e. The van der Waals surface area contributed by atoms with Crippen molar-refractivity contribution in [3.05, 3.63) is 77.7 Å². The van der Waals surface area contributed by atoms with E-state index in [9.17, 15) is 14.4 Å². The van der Waals surface area contributed by atoms with Gasteiger partial charge in [-0.25, -0.2) is 4.98 Å². The number of anilines is 1. The number of rotatable bonds is 7. The topological polar surface area (TPSA) is 92.9 Å². The number of carbonyl (C=O) groups excluding carboxylic acids is 3. The Morgan fingerprint density at radius 1 is 1.09 bits per heavy atom. The predicted molar refractivity (Wildman–Crippen MR) is 122 cm³/mol. The number of hydrogen-bond acceptors (Lipinski definition) is 7. The highest BCUT2D eigenvalue weighted by Gasteiger charge is 2.37. The molecule has 0 bridgehead atoms. The first kappa shape index (κ1) is 20.9. The Hall–Kier alpha value is -3.98. The first-order valence-corrected chi connectivity index (χ1v) is 11.2. The molecule has 4 aromatic rings. The van der Waals surface area contributed by atoms with Gasteiger partial charge in [0.15, 0.2) is 5.13 Å². The number of fused-ring (bicyclic) bond motifs is 2. The van der Waals surface area contributed by atoms with Crippen LogP contribution in [-0.2, 0) is 11.3 Å². The molecule has 0 unspecified atom stereocenters. The summed E-state index contributed by atoms with van der Waals surface area (Å²) < 4.78 is 11.9. The highest BCUT2D eigenvalue weighted by atomic mass is 32.1. The molecular formula is C24H19N3O5S. The van der Waals surface area contributed by atoms with Gasteiger partial charge < -0.3 is 9.15 Å². The summed E-state index contributed by atoms with van der Waals surface area (Å²) in [5.41, 5.74) is 1.32. The van der Waals surface area contributed by atoms with Crippen molar-refractivity contribution in [2.45, 2.75) is 13.5 Å². The molecule has 0 aliphatic carbocycles. The smallest absolute Gasteiger partial charge is 0.262 e. The molecule has 0 N–H and O–H groups in total. The molecule has 3 heterocycles. The number of amides is 3. The maximum atomic E-state index is 13.4. The van der Waals surface area contributed by atoms with Gasteiger partial charge in [0, 0.05) is 0 Å². The predicted octanol–water partition coefficient (Wildman–Crippen LogP) is 4.12. The lowest BCUT2D eigenvalue weighted by Gasteiger charge is -2.21. The first-order chi connectivity index (χ1) is 16.0. The zero-order valence-electron chi connectivity index (χ0n) is 17.7. The van der Waals surface area contributed by atoms with Gasteiger partial charge in [0.05, 0.1) is 40.8 Å². The van der Waals surface area contributed by atoms with Crippen LogP contribution in [0.15, 0.2) is 65.3 Å². The minimum atomic E-state index is -0.479. The second-order valence-corrected chi connectivity index (χ2v) is 8.37. The third-order valence-electron chi connectivity index (χ3n) is 5.26. The zero-order chi connectivity index (χ0) is 22.9. The fraction of sp³-hybridized carbons (Fsp3) is 0.167. The van der Waals surface area contributed by atoms with Crippen molar-refractivity contribution in [1.82, 2.24) is 9.88 Å². The summed E-state index contributed by atoms with van der Waals surface area (Å²) >= 11 is 1.33. The molecule has 1 aliphatic rings. The van der Waals surface area contributed by atoms with Crippen LogP contribution in [0, 0.1) is 0 Å². The average molecular weight is 461 g/mol. The van der Waals surface area contributed by atoms with E-state index in [1.807, 2.05) is 25.1 Å². The van der Waals surface area contributed by atoms with Crippen molar-refractivity contribution < 1.29 is 23.5 Å². The number of nitrogens with zero attached hydrogens (tertiary/aromatic N) is 3. The van der Waals surface area contributed by atoms with Gasteiger partial charge in [0.25, 0.3) is 11.8 Å². The number of carbonyl (C=O) groups is 3. The van der Waals surface area contributed by atoms with E-state index >= 15 is 0 Å². The van der Waals surface area contributed by atoms with Crippen molar-refractivity contribution in [1.29, 1.82) is 0 Å². The van der Waals surface area contributed by atoms with Gasteiger partial charge in [-0.1, -0.05) is 23.5 Å². The molecule has 0 saturated heterocycles. The van der Waals surface area contributed by atoms with Gasteiger partial charge in [-0.15, -0.1) is 0 Å². The zero-order valence-corrected chi connectivity index (χ0v) is 18.5. The highest BCUT2D eigenvalue weighted by molar-refractivity contribution is 7.22. The lowest BCUT2D eigenvalue weighted by Crippen LogP contribution is -2.42. The number of imide groups is 1. The third-order valence-corrected chi connectivity index (χ3v) is 6.30. The van der Waals surface area contributed by atoms with Gasteiger partial charge in [-0.05, 0) is 49.4 Å². The maximum absolute atomic E-state index is 13.4. The van der Waals surface area contributed by atoms with Crippen molar-refractivity contribution >= 4 is 44.4 Å². The molecule has 166 valence electrons. The normalized spacial score (nSPS) is 12.9. The molecule has 3 amide bonds. The summed E-state index contributed by atoms with van der Waals surface area (Å²) in [6.45, 7) is 2.17. The van der Waals surface area contributed by atoms with E-state index in [0.29, 0.717) is 28.6 Å². The number of hydrogen-bond donors (Lipinski definition) is 0. The largest absolute Gasteiger partial charge is 0.494 e. The van der Waals surface area contributed by atoms with Crippen LogP contribution in [-0.4, -0.2) is 40.8 Å². The molecule has 0 spiro atoms. The van der Waals surface area contributed by atoms with Crippen LogP contribution in [0.3, 0.4) is 0 Å². The quantitative estimate of drug-likeness (QED) is 0.385. The summed E-state index contributed by atoms with van der Waals surface area (Å²) in [7, 11) is 0. The Bertz CT molecular complexity index is 1330. The van der Waals surface area contributed by atoms with E-state index in [4.69, 9.17) is 9.15 Å². The van der Waals surface area contributed by atoms with Crippen molar-refractivity contribution in [2.75, 3.05) is 18.1 Å². The molecule has 33 heavy (non-hydrogen) atoms. The van der Waals surface area contributed by atoms with Gasteiger partial charge in [0.1, 0.15) is 18.1 Å². The van der Waals surface area contributed by atoms with E-state index in [0.717, 1.165) is 20.9 Å². The van der Waals surface area contributed by atoms with E-state index in [1.54, 1.807) is 36.4 Å². The van der Waals surface area contributed by atoms with Crippen LogP contribution in [0.1, 0.15) is 33.4 Å². The van der Waals surface area contributed by atoms with Crippen LogP contribution in [0.4, 0.5) is 5.13 Å². The summed E-state index contributed by atoms with van der Waals surface area (Å²) in [5, 5.41) is 0.441. The van der Waals surface area contributed by atoms with Crippen LogP contribution in [0.25, 0.3) is 10.2 Å². The van der Waals surface area contributed by atoms with E-state index < -0.39 is 24.3 Å². The number of furan rings is 1. The molecule has 1 aliphatic heterocycles. The third kappa shape index (κ3) is 3.87. The number of benzene rings is 2. The molecule has 2 aromatic heterocycles. The Kier molecular flexibility index (Phi) is 5.39. The Balaban J connectivity index is 1.46. The van der Waals surface area contributed by atoms with Crippen LogP contribution in [0.2, 0.25) is 0 Å². The molecule has 0 saturated carbocycles. The Morgan fingerprint density at radius 2 is 1.85 bits per heavy atom. The van der Waals surface area contributed by atoms with Gasteiger partial charge in [-0.2, -0.15) is 0 Å². The molecule has 0 fully saturated rings. The minimum Gasteiger partial charge on any atom is -0.494 e. The van der Waals surface area contributed by atoms with Gasteiger partial charge in [0.2, 0.25) is 5.91 Å². The lowest BCUT2D eigenvalue weighted by molar-refractivity contribution is -0.119. The van der Waals surface area contributed by atoms with Crippen LogP contribution >= 0.6 is 11.3 Å². The summed E-state index contributed by atoms with van der Waals surface area (Å²) in [6, 6.07) is 15.6. The molecule has 5 rings (SSSR count). The fourth-order valence-electron chi connectivity index (χ4n) is 3.69. The van der Waals surface area contributed by atoms with Crippen LogP contribution < -0.4 is 9.64 Å². The van der Waals surface area contributed by atoms with E-state index in [-0.39, 0.29) is 6.54 Å². The highest BCUT2D eigenvalue weighted by Crippen LogP contribution is 2.33. The standard InChI is InChI=1S/C24H19N3O5S/c1-2-31-15-9-10-19-20(12-15)33-24(25-19)26(13-16-6-5-11-32-16)21(28)14-27-22(29)17-7-3-4-8-18(17)23(27)30/h3-12H,2,13-14H2,1H3. The van der Waals surface area contributed by atoms with Gasteiger partial charge >= 0.3 is 0 Å². The van der Waals surface area contributed by atoms with Crippen molar-refractivity contribution in [3.63, 3.8) is 0 Å². The molecule has 9 heteroatoms. The Morgan fingerprint density at radius 3 is 2.52 bits per heavy atom. The second kappa shape index (κ2) is 8.51. The van der Waals surface area contributed by atoms with E-state index in [2.05, 4.69) is 4.98 Å². The molecular weight excluding hydrogens is 442 g/mol. The first-order valence-electron chi connectivity index (χ1n) is 10.4.